The first-order chi connectivity index (χ1) is 12.2. The Morgan fingerprint density at radius 3 is 2.58 bits per heavy atom. The van der Waals surface area contributed by atoms with Crippen molar-refractivity contribution in [2.75, 3.05) is 10.7 Å². The number of nitro groups is 1. The molecule has 1 aromatic carbocycles. The number of hydrogen-bond acceptors (Lipinski definition) is 9. The molecular formula is C16H19N7O2S. The smallest absolute Gasteiger partial charge is 0.310 e. The predicted octanol–water partition coefficient (Wildman–Crippen LogP) is 3.76. The SMILES string of the molecule is Cc1cccc2sc(Nc3ncnc(NNC(C)(C)C)c3[N+](=O)[O-])nc12. The number of aryl methyl sites for hydroxylation is 1. The van der Waals surface area contributed by atoms with Crippen molar-refractivity contribution in [1.82, 2.24) is 20.4 Å². The molecule has 0 fully saturated rings. The molecular weight excluding hydrogens is 354 g/mol. The number of nitrogens with one attached hydrogen (secondary N) is 3. The third-order valence-electron chi connectivity index (χ3n) is 3.41. The van der Waals surface area contributed by atoms with Gasteiger partial charge in [-0.3, -0.25) is 15.5 Å². The van der Waals surface area contributed by atoms with E-state index in [0.29, 0.717) is 5.13 Å². The second kappa shape index (κ2) is 6.81. The van der Waals surface area contributed by atoms with E-state index in [1.54, 1.807) is 0 Å². The molecule has 3 rings (SSSR count). The average Bonchev–Trinajstić information content (AvgIpc) is 2.96. The monoisotopic (exact) mass is 373 g/mol. The number of benzene rings is 1. The molecule has 9 nitrogen and oxygen atoms in total. The molecule has 0 saturated heterocycles. The fourth-order valence-corrected chi connectivity index (χ4v) is 3.17. The van der Waals surface area contributed by atoms with Gasteiger partial charge in [-0.25, -0.2) is 20.4 Å². The second-order valence-corrected chi connectivity index (χ2v) is 7.77. The summed E-state index contributed by atoms with van der Waals surface area (Å²) in [5, 5.41) is 15.1. The van der Waals surface area contributed by atoms with Crippen LogP contribution in [-0.2, 0) is 0 Å². The van der Waals surface area contributed by atoms with Gasteiger partial charge in [-0.05, 0) is 39.3 Å². The van der Waals surface area contributed by atoms with E-state index >= 15 is 0 Å². The van der Waals surface area contributed by atoms with Crippen LogP contribution in [0.15, 0.2) is 24.5 Å². The molecule has 10 heteroatoms. The van der Waals surface area contributed by atoms with Crippen LogP contribution in [0.3, 0.4) is 0 Å². The molecule has 0 spiro atoms. The number of hydrogen-bond donors (Lipinski definition) is 3. The zero-order valence-corrected chi connectivity index (χ0v) is 15.6. The number of thiazole rings is 1. The van der Waals surface area contributed by atoms with Crippen molar-refractivity contribution >= 4 is 44.0 Å². The van der Waals surface area contributed by atoms with Crippen LogP contribution in [0.5, 0.6) is 0 Å². The average molecular weight is 373 g/mol. The molecule has 0 aliphatic heterocycles. The third-order valence-corrected chi connectivity index (χ3v) is 4.34. The number of nitrogens with zero attached hydrogens (tertiary/aromatic N) is 4. The summed E-state index contributed by atoms with van der Waals surface area (Å²) in [5.74, 6) is 0.166. The molecule has 3 N–H and O–H groups in total. The van der Waals surface area contributed by atoms with E-state index in [4.69, 9.17) is 0 Å². The van der Waals surface area contributed by atoms with Crippen LogP contribution < -0.4 is 16.2 Å². The highest BCUT2D eigenvalue weighted by molar-refractivity contribution is 7.22. The summed E-state index contributed by atoms with van der Waals surface area (Å²) in [4.78, 5) is 23.6. The third kappa shape index (κ3) is 3.86. The second-order valence-electron chi connectivity index (χ2n) is 6.74. The summed E-state index contributed by atoms with van der Waals surface area (Å²) >= 11 is 1.41. The Hall–Kier alpha value is -2.85. The maximum atomic E-state index is 11.6. The van der Waals surface area contributed by atoms with E-state index in [0.717, 1.165) is 15.8 Å². The summed E-state index contributed by atoms with van der Waals surface area (Å²) in [6, 6.07) is 5.88. The molecule has 136 valence electrons. The van der Waals surface area contributed by atoms with Crippen LogP contribution in [-0.4, -0.2) is 25.4 Å². The summed E-state index contributed by atoms with van der Waals surface area (Å²) in [5.41, 5.74) is 7.13. The van der Waals surface area contributed by atoms with Crippen LogP contribution in [0.25, 0.3) is 10.2 Å². The summed E-state index contributed by atoms with van der Waals surface area (Å²) in [6.07, 6.45) is 1.26. The molecule has 0 amide bonds. The molecule has 26 heavy (non-hydrogen) atoms. The molecule has 3 aromatic rings. The molecule has 2 aromatic heterocycles. The van der Waals surface area contributed by atoms with E-state index in [-0.39, 0.29) is 22.9 Å². The Labute approximate surface area is 154 Å². The van der Waals surface area contributed by atoms with Crippen molar-refractivity contribution in [3.8, 4) is 0 Å². The van der Waals surface area contributed by atoms with Crippen LogP contribution >= 0.6 is 11.3 Å². The fourth-order valence-electron chi connectivity index (χ4n) is 2.22. The van der Waals surface area contributed by atoms with E-state index in [2.05, 4.69) is 31.1 Å². The number of rotatable bonds is 5. The van der Waals surface area contributed by atoms with Crippen molar-refractivity contribution in [2.45, 2.75) is 33.2 Å². The highest BCUT2D eigenvalue weighted by Crippen LogP contribution is 2.34. The lowest BCUT2D eigenvalue weighted by atomic mass is 10.1. The van der Waals surface area contributed by atoms with Crippen molar-refractivity contribution in [3.63, 3.8) is 0 Å². The van der Waals surface area contributed by atoms with E-state index in [9.17, 15) is 10.1 Å². The summed E-state index contributed by atoms with van der Waals surface area (Å²) < 4.78 is 0.997. The molecule has 0 bridgehead atoms. The largest absolute Gasteiger partial charge is 0.354 e. The van der Waals surface area contributed by atoms with Gasteiger partial charge >= 0.3 is 5.69 Å². The van der Waals surface area contributed by atoms with Crippen LogP contribution in [0.4, 0.5) is 22.5 Å². The van der Waals surface area contributed by atoms with Gasteiger partial charge in [0.1, 0.15) is 6.33 Å². The molecule has 0 radical (unpaired) electrons. The maximum absolute atomic E-state index is 11.6. The minimum Gasteiger partial charge on any atom is -0.310 e. The Morgan fingerprint density at radius 2 is 1.92 bits per heavy atom. The maximum Gasteiger partial charge on any atom is 0.354 e. The summed E-state index contributed by atoms with van der Waals surface area (Å²) in [6.45, 7) is 7.75. The highest BCUT2D eigenvalue weighted by Gasteiger charge is 2.25. The molecule has 2 heterocycles. The van der Waals surface area contributed by atoms with Gasteiger partial charge in [0.25, 0.3) is 0 Å². The zero-order valence-electron chi connectivity index (χ0n) is 14.8. The van der Waals surface area contributed by atoms with Gasteiger partial charge in [-0.2, -0.15) is 0 Å². The Bertz CT molecular complexity index is 965. The van der Waals surface area contributed by atoms with E-state index in [1.165, 1.54) is 17.7 Å². The van der Waals surface area contributed by atoms with Gasteiger partial charge in [0.2, 0.25) is 11.6 Å². The van der Waals surface area contributed by atoms with Gasteiger partial charge in [0, 0.05) is 5.54 Å². The van der Waals surface area contributed by atoms with Crippen LogP contribution in [0, 0.1) is 17.0 Å². The van der Waals surface area contributed by atoms with Gasteiger partial charge in [0.15, 0.2) is 5.13 Å². The van der Waals surface area contributed by atoms with Crippen molar-refractivity contribution in [1.29, 1.82) is 0 Å². The van der Waals surface area contributed by atoms with Crippen LogP contribution in [0.1, 0.15) is 26.3 Å². The van der Waals surface area contributed by atoms with E-state index in [1.807, 2.05) is 45.9 Å². The molecule has 0 atom stereocenters. The molecule has 0 aliphatic carbocycles. The van der Waals surface area contributed by atoms with E-state index < -0.39 is 4.92 Å². The molecule has 0 aliphatic rings. The quantitative estimate of drug-likeness (QED) is 0.457. The topological polar surface area (TPSA) is 118 Å². The lowest BCUT2D eigenvalue weighted by molar-refractivity contribution is -0.383. The van der Waals surface area contributed by atoms with Gasteiger partial charge in [-0.1, -0.05) is 23.5 Å². The first kappa shape index (κ1) is 18.0. The Kier molecular flexibility index (Phi) is 4.70. The zero-order chi connectivity index (χ0) is 18.9. The number of anilines is 3. The molecule has 0 unspecified atom stereocenters. The van der Waals surface area contributed by atoms with Gasteiger partial charge in [0.05, 0.1) is 15.1 Å². The fraction of sp³-hybridized carbons (Fsp3) is 0.312. The summed E-state index contributed by atoms with van der Waals surface area (Å²) in [7, 11) is 0. The van der Waals surface area contributed by atoms with Crippen molar-refractivity contribution in [3.05, 3.63) is 40.2 Å². The number of para-hydroxylation sites is 1. The number of hydrazine groups is 1. The lowest BCUT2D eigenvalue weighted by Gasteiger charge is -2.21. The van der Waals surface area contributed by atoms with Crippen molar-refractivity contribution < 1.29 is 4.92 Å². The molecule has 0 saturated carbocycles. The Balaban J connectivity index is 1.95. The minimum atomic E-state index is -0.520. The first-order valence-corrected chi connectivity index (χ1v) is 8.72. The first-order valence-electron chi connectivity index (χ1n) is 7.90. The standard InChI is InChI=1S/C16H19N7O2S/c1-9-6-5-7-10-11(9)19-15(26-10)20-13-12(23(24)25)14(18-8-17-13)21-22-16(2,3)4/h5-8,22H,1-4H3,(H2,17,18,19,20,21). The van der Waals surface area contributed by atoms with Crippen LogP contribution in [0.2, 0.25) is 0 Å². The minimum absolute atomic E-state index is 0.0831. The highest BCUT2D eigenvalue weighted by atomic mass is 32.1. The number of fused-ring (bicyclic) bond motifs is 1. The van der Waals surface area contributed by atoms with Crippen molar-refractivity contribution in [2.24, 2.45) is 0 Å². The lowest BCUT2D eigenvalue weighted by Crippen LogP contribution is -2.40. The van der Waals surface area contributed by atoms with Gasteiger partial charge < -0.3 is 5.32 Å². The predicted molar refractivity (Wildman–Crippen MR) is 103 cm³/mol. The number of aromatic nitrogens is 3. The normalized spacial score (nSPS) is 11.5. The Morgan fingerprint density at radius 1 is 1.19 bits per heavy atom. The van der Waals surface area contributed by atoms with Gasteiger partial charge in [-0.15, -0.1) is 0 Å².